The first-order chi connectivity index (χ1) is 12.3. The zero-order chi connectivity index (χ0) is 18.7. The molecule has 3 rings (SSSR count). The summed E-state index contributed by atoms with van der Waals surface area (Å²) in [6, 6.07) is 8.06. The molecule has 1 aromatic heterocycles. The number of benzene rings is 1. The van der Waals surface area contributed by atoms with E-state index in [-0.39, 0.29) is 5.91 Å². The largest absolute Gasteiger partial charge is 0.350 e. The number of aromatic nitrogens is 1. The normalized spacial score (nSPS) is 16.5. The molecular formula is C18H23N3O3S2. The number of hydrogen-bond acceptors (Lipinski definition) is 5. The number of nitrogens with one attached hydrogen (secondary N) is 1. The molecule has 0 aliphatic carbocycles. The summed E-state index contributed by atoms with van der Waals surface area (Å²) in [7, 11) is -3.11. The lowest BCUT2D eigenvalue weighted by Crippen LogP contribution is -2.41. The van der Waals surface area contributed by atoms with Crippen LogP contribution in [-0.4, -0.2) is 49.5 Å². The van der Waals surface area contributed by atoms with E-state index in [1.54, 1.807) is 5.38 Å². The van der Waals surface area contributed by atoms with E-state index in [0.717, 1.165) is 23.4 Å². The molecule has 0 atom stereocenters. The van der Waals surface area contributed by atoms with Crippen molar-refractivity contribution in [3.8, 4) is 10.6 Å². The van der Waals surface area contributed by atoms with E-state index in [0.29, 0.717) is 31.2 Å². The van der Waals surface area contributed by atoms with Crippen LogP contribution in [0.1, 0.15) is 28.9 Å². The molecule has 1 saturated heterocycles. The molecule has 6 nitrogen and oxygen atoms in total. The van der Waals surface area contributed by atoms with Crippen molar-refractivity contribution >= 4 is 27.3 Å². The van der Waals surface area contributed by atoms with Crippen molar-refractivity contribution in [3.05, 3.63) is 40.9 Å². The lowest BCUT2D eigenvalue weighted by molar-refractivity contribution is 0.0937. The van der Waals surface area contributed by atoms with Gasteiger partial charge in [0.25, 0.3) is 5.91 Å². The van der Waals surface area contributed by atoms with E-state index < -0.39 is 10.0 Å². The van der Waals surface area contributed by atoms with Crippen LogP contribution in [-0.2, 0) is 10.0 Å². The molecule has 0 saturated carbocycles. The number of carbonyl (C=O) groups is 1. The molecule has 1 amide bonds. The molecule has 140 valence electrons. The number of sulfonamides is 1. The lowest BCUT2D eigenvalue weighted by Gasteiger charge is -2.30. The molecule has 1 aromatic carbocycles. The summed E-state index contributed by atoms with van der Waals surface area (Å²) in [6.45, 7) is 3.63. The van der Waals surface area contributed by atoms with E-state index in [9.17, 15) is 13.2 Å². The summed E-state index contributed by atoms with van der Waals surface area (Å²) in [5.41, 5.74) is 2.62. The smallest absolute Gasteiger partial charge is 0.270 e. The minimum Gasteiger partial charge on any atom is -0.350 e. The van der Waals surface area contributed by atoms with Crippen molar-refractivity contribution in [1.29, 1.82) is 0 Å². The number of carbonyl (C=O) groups excluding carboxylic acids is 1. The summed E-state index contributed by atoms with van der Waals surface area (Å²) < 4.78 is 24.6. The highest BCUT2D eigenvalue weighted by atomic mass is 32.2. The zero-order valence-corrected chi connectivity index (χ0v) is 16.6. The van der Waals surface area contributed by atoms with Gasteiger partial charge < -0.3 is 5.32 Å². The Morgan fingerprint density at radius 1 is 1.27 bits per heavy atom. The van der Waals surface area contributed by atoms with Gasteiger partial charge in [-0.3, -0.25) is 4.79 Å². The van der Waals surface area contributed by atoms with Crippen LogP contribution in [0.2, 0.25) is 0 Å². The van der Waals surface area contributed by atoms with Gasteiger partial charge in [0.05, 0.1) is 6.26 Å². The van der Waals surface area contributed by atoms with Gasteiger partial charge in [-0.05, 0) is 25.7 Å². The fourth-order valence-corrected chi connectivity index (χ4v) is 4.66. The fraction of sp³-hybridized carbons (Fsp3) is 0.444. The quantitative estimate of drug-likeness (QED) is 0.847. The molecule has 26 heavy (non-hydrogen) atoms. The van der Waals surface area contributed by atoms with Gasteiger partial charge in [0.1, 0.15) is 10.7 Å². The molecular weight excluding hydrogens is 370 g/mol. The van der Waals surface area contributed by atoms with Gasteiger partial charge in [-0.15, -0.1) is 11.3 Å². The van der Waals surface area contributed by atoms with Gasteiger partial charge in [0.2, 0.25) is 10.0 Å². The average molecular weight is 394 g/mol. The summed E-state index contributed by atoms with van der Waals surface area (Å²) in [5, 5.41) is 5.54. The highest BCUT2D eigenvalue weighted by molar-refractivity contribution is 7.88. The molecule has 1 aliphatic rings. The standard InChI is InChI=1S/C18H23N3O3S2/c1-13-3-5-15(6-4-13)18-20-16(12-25-18)17(22)19-11-14-7-9-21(10-8-14)26(2,23)24/h3-6,12,14H,7-11H2,1-2H3,(H,19,22). The van der Waals surface area contributed by atoms with Gasteiger partial charge in [-0.2, -0.15) is 0 Å². The second kappa shape index (κ2) is 7.85. The molecule has 0 unspecified atom stereocenters. The molecule has 0 radical (unpaired) electrons. The van der Waals surface area contributed by atoms with Crippen molar-refractivity contribution < 1.29 is 13.2 Å². The summed E-state index contributed by atoms with van der Waals surface area (Å²) in [4.78, 5) is 16.8. The van der Waals surface area contributed by atoms with Crippen LogP contribution in [0.15, 0.2) is 29.6 Å². The van der Waals surface area contributed by atoms with Crippen molar-refractivity contribution in [2.45, 2.75) is 19.8 Å². The Bertz CT molecular complexity index is 867. The number of aryl methyl sites for hydroxylation is 1. The van der Waals surface area contributed by atoms with Crippen molar-refractivity contribution in [1.82, 2.24) is 14.6 Å². The maximum Gasteiger partial charge on any atom is 0.270 e. The summed E-state index contributed by atoms with van der Waals surface area (Å²) in [6.07, 6.45) is 2.76. The minimum atomic E-state index is -3.11. The van der Waals surface area contributed by atoms with Crippen molar-refractivity contribution in [3.63, 3.8) is 0 Å². The van der Waals surface area contributed by atoms with E-state index in [4.69, 9.17) is 0 Å². The first-order valence-electron chi connectivity index (χ1n) is 8.59. The highest BCUT2D eigenvalue weighted by Gasteiger charge is 2.25. The van der Waals surface area contributed by atoms with Crippen LogP contribution >= 0.6 is 11.3 Å². The van der Waals surface area contributed by atoms with Crippen LogP contribution < -0.4 is 5.32 Å². The first kappa shape index (κ1) is 19.0. The number of nitrogens with zero attached hydrogens (tertiary/aromatic N) is 2. The number of rotatable bonds is 5. The average Bonchev–Trinajstić information content (AvgIpc) is 3.10. The summed E-state index contributed by atoms with van der Waals surface area (Å²) >= 11 is 1.46. The van der Waals surface area contributed by atoms with E-state index in [2.05, 4.69) is 10.3 Å². The van der Waals surface area contributed by atoms with Gasteiger partial charge in [-0.1, -0.05) is 29.8 Å². The monoisotopic (exact) mass is 393 g/mol. The highest BCUT2D eigenvalue weighted by Crippen LogP contribution is 2.24. The Morgan fingerprint density at radius 3 is 2.54 bits per heavy atom. The minimum absolute atomic E-state index is 0.176. The second-order valence-electron chi connectivity index (χ2n) is 6.72. The Kier molecular flexibility index (Phi) is 5.74. The summed E-state index contributed by atoms with van der Waals surface area (Å²) in [5.74, 6) is 0.123. The van der Waals surface area contributed by atoms with Gasteiger partial charge in [-0.25, -0.2) is 17.7 Å². The molecule has 1 fully saturated rings. The van der Waals surface area contributed by atoms with Crippen LogP contribution in [0.25, 0.3) is 10.6 Å². The predicted octanol–water partition coefficient (Wildman–Crippen LogP) is 2.52. The Balaban J connectivity index is 1.52. The maximum absolute atomic E-state index is 12.3. The SMILES string of the molecule is Cc1ccc(-c2nc(C(=O)NCC3CCN(S(C)(=O)=O)CC3)cs2)cc1. The third-order valence-electron chi connectivity index (χ3n) is 4.63. The molecule has 0 bridgehead atoms. The molecule has 8 heteroatoms. The van der Waals surface area contributed by atoms with Crippen molar-refractivity contribution in [2.24, 2.45) is 5.92 Å². The van der Waals surface area contributed by atoms with Crippen LogP contribution in [0.3, 0.4) is 0 Å². The molecule has 2 heterocycles. The number of piperidine rings is 1. The molecule has 0 spiro atoms. The molecule has 1 N–H and O–H groups in total. The Labute approximate surface area is 158 Å². The van der Waals surface area contributed by atoms with Crippen LogP contribution in [0.5, 0.6) is 0 Å². The van der Waals surface area contributed by atoms with Crippen molar-refractivity contribution in [2.75, 3.05) is 25.9 Å². The maximum atomic E-state index is 12.3. The topological polar surface area (TPSA) is 79.4 Å². The second-order valence-corrected chi connectivity index (χ2v) is 9.56. The lowest BCUT2D eigenvalue weighted by atomic mass is 9.98. The van der Waals surface area contributed by atoms with Crippen LogP contribution in [0.4, 0.5) is 0 Å². The predicted molar refractivity (Wildman–Crippen MR) is 104 cm³/mol. The van der Waals surface area contributed by atoms with Crippen LogP contribution in [0, 0.1) is 12.8 Å². The molecule has 1 aliphatic heterocycles. The number of hydrogen-bond donors (Lipinski definition) is 1. The van der Waals surface area contributed by atoms with Gasteiger partial charge in [0, 0.05) is 30.6 Å². The van der Waals surface area contributed by atoms with Gasteiger partial charge >= 0.3 is 0 Å². The van der Waals surface area contributed by atoms with E-state index in [1.165, 1.54) is 27.5 Å². The Hall–Kier alpha value is -1.77. The van der Waals surface area contributed by atoms with E-state index >= 15 is 0 Å². The number of thiazole rings is 1. The third kappa shape index (κ3) is 4.69. The first-order valence-corrected chi connectivity index (χ1v) is 11.3. The third-order valence-corrected chi connectivity index (χ3v) is 6.82. The fourth-order valence-electron chi connectivity index (χ4n) is 2.98. The van der Waals surface area contributed by atoms with E-state index in [1.807, 2.05) is 31.2 Å². The Morgan fingerprint density at radius 2 is 1.92 bits per heavy atom. The molecule has 2 aromatic rings. The number of amides is 1. The van der Waals surface area contributed by atoms with Gasteiger partial charge in [0.15, 0.2) is 0 Å². The zero-order valence-electron chi connectivity index (χ0n) is 14.9.